The number of ether oxygens (including phenoxy) is 1. The summed E-state index contributed by atoms with van der Waals surface area (Å²) < 4.78 is 4.93. The third-order valence-corrected chi connectivity index (χ3v) is 2.94. The molecule has 18 heavy (non-hydrogen) atoms. The molecule has 5 heteroatoms. The summed E-state index contributed by atoms with van der Waals surface area (Å²) in [4.78, 5) is 14.1. The van der Waals surface area contributed by atoms with Gasteiger partial charge in [0.1, 0.15) is 0 Å². The summed E-state index contributed by atoms with van der Waals surface area (Å²) in [5, 5.41) is 11.8. The molecule has 5 nitrogen and oxygen atoms in total. The van der Waals surface area contributed by atoms with Crippen molar-refractivity contribution in [3.63, 3.8) is 0 Å². The lowest BCUT2D eigenvalue weighted by Crippen LogP contribution is -2.48. The molecule has 0 aromatic rings. The maximum Gasteiger partial charge on any atom is 0.237 e. The van der Waals surface area contributed by atoms with E-state index < -0.39 is 0 Å². The molecule has 1 amide bonds. The van der Waals surface area contributed by atoms with Gasteiger partial charge in [-0.2, -0.15) is 0 Å². The second-order valence-corrected chi connectivity index (χ2v) is 4.72. The summed E-state index contributed by atoms with van der Waals surface area (Å²) in [7, 11) is 1.65. The van der Waals surface area contributed by atoms with Crippen LogP contribution in [0.25, 0.3) is 0 Å². The number of rotatable bonds is 10. The second kappa shape index (κ2) is 10.3. The highest BCUT2D eigenvalue weighted by Gasteiger charge is 2.22. The molecule has 0 aliphatic heterocycles. The fourth-order valence-electron chi connectivity index (χ4n) is 1.88. The zero-order valence-electron chi connectivity index (χ0n) is 12.1. The first kappa shape index (κ1) is 17.4. The molecule has 0 fully saturated rings. The van der Waals surface area contributed by atoms with Crippen molar-refractivity contribution in [3.8, 4) is 0 Å². The van der Waals surface area contributed by atoms with E-state index in [1.165, 1.54) is 0 Å². The normalized spacial score (nSPS) is 13.1. The standard InChI is InChI=1S/C13H28N2O3/c1-11(2)15(8-6-9-16)12(3)13(17)14-7-5-10-18-4/h11-12,16H,5-10H2,1-4H3,(H,14,17). The van der Waals surface area contributed by atoms with Crippen LogP contribution >= 0.6 is 0 Å². The zero-order valence-corrected chi connectivity index (χ0v) is 12.1. The first-order chi connectivity index (χ1) is 8.54. The SMILES string of the molecule is COCCCNC(=O)C(C)N(CCCO)C(C)C. The Morgan fingerprint density at radius 2 is 2.00 bits per heavy atom. The minimum absolute atomic E-state index is 0.0396. The molecule has 0 aliphatic carbocycles. The largest absolute Gasteiger partial charge is 0.396 e. The van der Waals surface area contributed by atoms with Crippen molar-refractivity contribution in [2.75, 3.05) is 33.4 Å². The first-order valence-corrected chi connectivity index (χ1v) is 6.67. The van der Waals surface area contributed by atoms with Crippen LogP contribution in [0.15, 0.2) is 0 Å². The van der Waals surface area contributed by atoms with E-state index in [-0.39, 0.29) is 24.6 Å². The molecule has 0 saturated heterocycles. The second-order valence-electron chi connectivity index (χ2n) is 4.72. The van der Waals surface area contributed by atoms with Crippen LogP contribution in [-0.2, 0) is 9.53 Å². The summed E-state index contributed by atoms with van der Waals surface area (Å²) in [6.45, 7) is 8.23. The number of aliphatic hydroxyl groups is 1. The van der Waals surface area contributed by atoms with Crippen molar-refractivity contribution in [1.29, 1.82) is 0 Å². The summed E-state index contributed by atoms with van der Waals surface area (Å²) in [5.74, 6) is 0.0396. The van der Waals surface area contributed by atoms with Gasteiger partial charge in [-0.05, 0) is 33.6 Å². The van der Waals surface area contributed by atoms with Gasteiger partial charge >= 0.3 is 0 Å². The maximum atomic E-state index is 12.0. The molecule has 0 rings (SSSR count). The lowest BCUT2D eigenvalue weighted by Gasteiger charge is -2.31. The molecule has 2 N–H and O–H groups in total. The average Bonchev–Trinajstić information content (AvgIpc) is 2.34. The van der Waals surface area contributed by atoms with Crippen LogP contribution in [0, 0.1) is 0 Å². The Kier molecular flexibility index (Phi) is 9.92. The van der Waals surface area contributed by atoms with Gasteiger partial charge in [0, 0.05) is 39.5 Å². The summed E-state index contributed by atoms with van der Waals surface area (Å²) >= 11 is 0. The molecule has 0 heterocycles. The van der Waals surface area contributed by atoms with Gasteiger partial charge < -0.3 is 15.2 Å². The van der Waals surface area contributed by atoms with Gasteiger partial charge in [0.2, 0.25) is 5.91 Å². The molecule has 1 unspecified atom stereocenters. The third kappa shape index (κ3) is 6.93. The molecule has 108 valence electrons. The molecule has 0 saturated carbocycles. The molecule has 0 aromatic heterocycles. The zero-order chi connectivity index (χ0) is 14.0. The van der Waals surface area contributed by atoms with Gasteiger partial charge in [-0.25, -0.2) is 0 Å². The molecule has 0 radical (unpaired) electrons. The van der Waals surface area contributed by atoms with E-state index in [1.807, 2.05) is 6.92 Å². The molecular formula is C13H28N2O3. The number of nitrogens with one attached hydrogen (secondary N) is 1. The van der Waals surface area contributed by atoms with E-state index in [0.29, 0.717) is 19.6 Å². The van der Waals surface area contributed by atoms with Crippen molar-refractivity contribution in [1.82, 2.24) is 10.2 Å². The average molecular weight is 260 g/mol. The summed E-state index contributed by atoms with van der Waals surface area (Å²) in [5.41, 5.74) is 0. The Morgan fingerprint density at radius 3 is 2.50 bits per heavy atom. The van der Waals surface area contributed by atoms with Gasteiger partial charge in [-0.3, -0.25) is 9.69 Å². The third-order valence-electron chi connectivity index (χ3n) is 2.94. The van der Waals surface area contributed by atoms with Crippen molar-refractivity contribution in [3.05, 3.63) is 0 Å². The topological polar surface area (TPSA) is 61.8 Å². The number of aliphatic hydroxyl groups excluding tert-OH is 1. The number of hydrogen-bond acceptors (Lipinski definition) is 4. The smallest absolute Gasteiger partial charge is 0.237 e. The fraction of sp³-hybridized carbons (Fsp3) is 0.923. The highest BCUT2D eigenvalue weighted by Crippen LogP contribution is 2.06. The van der Waals surface area contributed by atoms with Crippen molar-refractivity contribution in [2.24, 2.45) is 0 Å². The molecular weight excluding hydrogens is 232 g/mol. The predicted octanol–water partition coefficient (Wildman–Crippen LogP) is 0.620. The molecule has 1 atom stereocenters. The van der Waals surface area contributed by atoms with Crippen LogP contribution < -0.4 is 5.32 Å². The minimum Gasteiger partial charge on any atom is -0.396 e. The molecule has 0 aliphatic rings. The van der Waals surface area contributed by atoms with Crippen LogP contribution in [0.3, 0.4) is 0 Å². The van der Waals surface area contributed by atoms with E-state index in [4.69, 9.17) is 9.84 Å². The highest BCUT2D eigenvalue weighted by molar-refractivity contribution is 5.81. The molecule has 0 spiro atoms. The van der Waals surface area contributed by atoms with E-state index in [1.54, 1.807) is 7.11 Å². The van der Waals surface area contributed by atoms with E-state index in [2.05, 4.69) is 24.1 Å². The first-order valence-electron chi connectivity index (χ1n) is 6.67. The van der Waals surface area contributed by atoms with Crippen LogP contribution in [0.2, 0.25) is 0 Å². The number of amides is 1. The lowest BCUT2D eigenvalue weighted by atomic mass is 10.2. The van der Waals surface area contributed by atoms with Crippen molar-refractivity contribution >= 4 is 5.91 Å². The Labute approximate surface area is 110 Å². The molecule has 0 bridgehead atoms. The lowest BCUT2D eigenvalue weighted by molar-refractivity contribution is -0.126. The fourth-order valence-corrected chi connectivity index (χ4v) is 1.88. The Morgan fingerprint density at radius 1 is 1.33 bits per heavy atom. The van der Waals surface area contributed by atoms with Gasteiger partial charge in [0.25, 0.3) is 0 Å². The van der Waals surface area contributed by atoms with Crippen LogP contribution in [0.5, 0.6) is 0 Å². The Bertz CT molecular complexity index is 222. The maximum absolute atomic E-state index is 12.0. The number of nitrogens with zero attached hydrogens (tertiary/aromatic N) is 1. The van der Waals surface area contributed by atoms with Gasteiger partial charge in [0.15, 0.2) is 0 Å². The Hall–Kier alpha value is -0.650. The van der Waals surface area contributed by atoms with E-state index in [0.717, 1.165) is 13.0 Å². The van der Waals surface area contributed by atoms with Crippen LogP contribution in [0.4, 0.5) is 0 Å². The van der Waals surface area contributed by atoms with Gasteiger partial charge in [-0.15, -0.1) is 0 Å². The predicted molar refractivity (Wildman–Crippen MR) is 72.5 cm³/mol. The number of carbonyl (C=O) groups excluding carboxylic acids is 1. The van der Waals surface area contributed by atoms with Crippen molar-refractivity contribution in [2.45, 2.75) is 45.7 Å². The number of methoxy groups -OCH3 is 1. The quantitative estimate of drug-likeness (QED) is 0.565. The Balaban J connectivity index is 4.12. The van der Waals surface area contributed by atoms with Crippen LogP contribution in [-0.4, -0.2) is 61.4 Å². The van der Waals surface area contributed by atoms with Gasteiger partial charge in [-0.1, -0.05) is 0 Å². The minimum atomic E-state index is -0.168. The van der Waals surface area contributed by atoms with Crippen molar-refractivity contribution < 1.29 is 14.6 Å². The monoisotopic (exact) mass is 260 g/mol. The van der Waals surface area contributed by atoms with Crippen LogP contribution in [0.1, 0.15) is 33.6 Å². The summed E-state index contributed by atoms with van der Waals surface area (Å²) in [6.07, 6.45) is 1.52. The molecule has 0 aromatic carbocycles. The highest BCUT2D eigenvalue weighted by atomic mass is 16.5. The van der Waals surface area contributed by atoms with Gasteiger partial charge in [0.05, 0.1) is 6.04 Å². The number of hydrogen-bond donors (Lipinski definition) is 2. The van der Waals surface area contributed by atoms with E-state index >= 15 is 0 Å². The number of carbonyl (C=O) groups is 1. The van der Waals surface area contributed by atoms with E-state index in [9.17, 15) is 4.79 Å². The summed E-state index contributed by atoms with van der Waals surface area (Å²) in [6, 6.07) is 0.121.